The van der Waals surface area contributed by atoms with Gasteiger partial charge in [0, 0.05) is 24.2 Å². The van der Waals surface area contributed by atoms with Crippen LogP contribution >= 0.6 is 11.6 Å². The van der Waals surface area contributed by atoms with Crippen molar-refractivity contribution in [2.24, 2.45) is 0 Å². The molecule has 7 heteroatoms. The smallest absolute Gasteiger partial charge is 0.253 e. The van der Waals surface area contributed by atoms with Gasteiger partial charge in [-0.05, 0) is 45.4 Å². The number of hydrogen-bond acceptors (Lipinski definition) is 3. The highest BCUT2D eigenvalue weighted by molar-refractivity contribution is 7.89. The van der Waals surface area contributed by atoms with Crippen LogP contribution in [0.1, 0.15) is 37.6 Å². The van der Waals surface area contributed by atoms with Gasteiger partial charge in [0.1, 0.15) is 4.90 Å². The van der Waals surface area contributed by atoms with Crippen LogP contribution in [0.3, 0.4) is 0 Å². The van der Waals surface area contributed by atoms with E-state index in [9.17, 15) is 13.2 Å². The maximum absolute atomic E-state index is 12.4. The number of nitrogens with zero attached hydrogens (tertiary/aromatic N) is 1. The lowest BCUT2D eigenvalue weighted by Gasteiger charge is -2.31. The molecule has 1 N–H and O–H groups in total. The zero-order chi connectivity index (χ0) is 15.8. The summed E-state index contributed by atoms with van der Waals surface area (Å²) in [6, 6.07) is 4.35. The molecular formula is C14H19ClN2O3S. The molecule has 0 radical (unpaired) electrons. The van der Waals surface area contributed by atoms with Gasteiger partial charge in [0.15, 0.2) is 0 Å². The molecule has 1 amide bonds. The van der Waals surface area contributed by atoms with E-state index in [0.29, 0.717) is 18.7 Å². The van der Waals surface area contributed by atoms with Crippen LogP contribution in [0.2, 0.25) is 5.02 Å². The summed E-state index contributed by atoms with van der Waals surface area (Å²) in [6.07, 6.45) is 0.982. The zero-order valence-corrected chi connectivity index (χ0v) is 13.9. The van der Waals surface area contributed by atoms with Crippen LogP contribution in [-0.2, 0) is 10.0 Å². The van der Waals surface area contributed by atoms with E-state index in [2.05, 4.69) is 4.72 Å². The van der Waals surface area contributed by atoms with E-state index in [-0.39, 0.29) is 15.8 Å². The van der Waals surface area contributed by atoms with Gasteiger partial charge in [-0.25, -0.2) is 13.1 Å². The second-order valence-electron chi connectivity index (χ2n) is 6.15. The number of carbonyl (C=O) groups excluding carboxylic acids is 1. The molecule has 2 rings (SSSR count). The lowest BCUT2D eigenvalue weighted by atomic mass is 10.1. The number of benzene rings is 1. The Hall–Kier alpha value is -1.11. The van der Waals surface area contributed by atoms with Gasteiger partial charge in [0.2, 0.25) is 10.0 Å². The van der Waals surface area contributed by atoms with E-state index < -0.39 is 15.6 Å². The molecule has 1 heterocycles. The van der Waals surface area contributed by atoms with Gasteiger partial charge < -0.3 is 4.90 Å². The molecule has 0 unspecified atom stereocenters. The lowest BCUT2D eigenvalue weighted by molar-refractivity contribution is 0.0651. The van der Waals surface area contributed by atoms with E-state index in [0.717, 1.165) is 6.42 Å². The fourth-order valence-electron chi connectivity index (χ4n) is 2.00. The van der Waals surface area contributed by atoms with Crippen molar-refractivity contribution in [2.45, 2.75) is 37.6 Å². The Labute approximate surface area is 130 Å². The van der Waals surface area contributed by atoms with Gasteiger partial charge in [-0.3, -0.25) is 4.79 Å². The molecular weight excluding hydrogens is 312 g/mol. The Balaban J connectivity index is 2.37. The zero-order valence-electron chi connectivity index (χ0n) is 12.3. The van der Waals surface area contributed by atoms with Crippen molar-refractivity contribution < 1.29 is 13.2 Å². The quantitative estimate of drug-likeness (QED) is 0.924. The van der Waals surface area contributed by atoms with Gasteiger partial charge in [-0.2, -0.15) is 0 Å². The molecule has 21 heavy (non-hydrogen) atoms. The molecule has 1 fully saturated rings. The lowest BCUT2D eigenvalue weighted by Crippen LogP contribution is -2.42. The largest absolute Gasteiger partial charge is 0.339 e. The summed E-state index contributed by atoms with van der Waals surface area (Å²) in [7, 11) is -3.77. The highest BCUT2D eigenvalue weighted by atomic mass is 35.5. The van der Waals surface area contributed by atoms with E-state index in [1.807, 2.05) is 0 Å². The van der Waals surface area contributed by atoms with Gasteiger partial charge in [-0.1, -0.05) is 11.6 Å². The number of rotatable bonds is 3. The van der Waals surface area contributed by atoms with Crippen molar-refractivity contribution in [2.75, 3.05) is 13.1 Å². The number of hydrogen-bond donors (Lipinski definition) is 1. The summed E-state index contributed by atoms with van der Waals surface area (Å²) < 4.78 is 27.3. The number of sulfonamides is 1. The standard InChI is InChI=1S/C14H19ClN2O3S/c1-14(2,3)16-21(19,20)12-9-10(5-6-11(12)15)13(18)17-7-4-8-17/h5-6,9,16H,4,7-8H2,1-3H3. The van der Waals surface area contributed by atoms with Crippen LogP contribution in [0.25, 0.3) is 0 Å². The molecule has 116 valence electrons. The summed E-state index contributed by atoms with van der Waals surface area (Å²) in [4.78, 5) is 13.8. The average molecular weight is 331 g/mol. The minimum Gasteiger partial charge on any atom is -0.339 e. The Bertz CT molecular complexity index is 661. The SMILES string of the molecule is CC(C)(C)NS(=O)(=O)c1cc(C(=O)N2CCC2)ccc1Cl. The summed E-state index contributed by atoms with van der Waals surface area (Å²) >= 11 is 6.00. The predicted octanol–water partition coefficient (Wildman–Crippen LogP) is 2.26. The van der Waals surface area contributed by atoms with E-state index >= 15 is 0 Å². The minimum atomic E-state index is -3.77. The maximum atomic E-state index is 12.4. The van der Waals surface area contributed by atoms with E-state index in [4.69, 9.17) is 11.6 Å². The summed E-state index contributed by atoms with van der Waals surface area (Å²) in [6.45, 7) is 6.65. The van der Waals surface area contributed by atoms with Crippen molar-refractivity contribution in [3.8, 4) is 0 Å². The monoisotopic (exact) mass is 330 g/mol. The Morgan fingerprint density at radius 2 is 1.90 bits per heavy atom. The van der Waals surface area contributed by atoms with Crippen molar-refractivity contribution in [1.29, 1.82) is 0 Å². The number of amides is 1. The maximum Gasteiger partial charge on any atom is 0.253 e. The minimum absolute atomic E-state index is 0.0644. The Morgan fingerprint density at radius 1 is 1.29 bits per heavy atom. The molecule has 1 aliphatic rings. The first-order valence-electron chi connectivity index (χ1n) is 6.73. The first-order valence-corrected chi connectivity index (χ1v) is 8.59. The normalized spacial score (nSPS) is 15.7. The average Bonchev–Trinajstić information content (AvgIpc) is 2.23. The topological polar surface area (TPSA) is 66.5 Å². The van der Waals surface area contributed by atoms with Crippen LogP contribution in [0.4, 0.5) is 0 Å². The Morgan fingerprint density at radius 3 is 2.38 bits per heavy atom. The highest BCUT2D eigenvalue weighted by Crippen LogP contribution is 2.25. The molecule has 0 atom stereocenters. The van der Waals surface area contributed by atoms with Gasteiger partial charge in [0.05, 0.1) is 5.02 Å². The first-order chi connectivity index (χ1) is 9.60. The van der Waals surface area contributed by atoms with E-state index in [1.165, 1.54) is 12.1 Å². The molecule has 1 saturated heterocycles. The van der Waals surface area contributed by atoms with Gasteiger partial charge in [0.25, 0.3) is 5.91 Å². The second-order valence-corrected chi connectivity index (χ2v) is 8.20. The molecule has 0 spiro atoms. The van der Waals surface area contributed by atoms with Gasteiger partial charge in [-0.15, -0.1) is 0 Å². The predicted molar refractivity (Wildman–Crippen MR) is 82.0 cm³/mol. The van der Waals surface area contributed by atoms with Crippen LogP contribution < -0.4 is 4.72 Å². The molecule has 5 nitrogen and oxygen atoms in total. The molecule has 0 bridgehead atoms. The fraction of sp³-hybridized carbons (Fsp3) is 0.500. The number of nitrogens with one attached hydrogen (secondary N) is 1. The van der Waals surface area contributed by atoms with Gasteiger partial charge >= 0.3 is 0 Å². The molecule has 1 aromatic rings. The molecule has 1 aliphatic heterocycles. The third-order valence-electron chi connectivity index (χ3n) is 3.05. The fourth-order valence-corrected chi connectivity index (χ4v) is 3.95. The van der Waals surface area contributed by atoms with Crippen molar-refractivity contribution in [3.63, 3.8) is 0 Å². The van der Waals surface area contributed by atoms with Crippen LogP contribution in [0.15, 0.2) is 23.1 Å². The number of carbonyl (C=O) groups is 1. The van der Waals surface area contributed by atoms with Crippen molar-refractivity contribution in [3.05, 3.63) is 28.8 Å². The van der Waals surface area contributed by atoms with Crippen molar-refractivity contribution >= 4 is 27.5 Å². The Kier molecular flexibility index (Phi) is 4.33. The summed E-state index contributed by atoms with van der Waals surface area (Å²) in [5, 5.41) is 0.104. The van der Waals surface area contributed by atoms with E-state index in [1.54, 1.807) is 31.7 Å². The molecule has 0 saturated carbocycles. The van der Waals surface area contributed by atoms with Crippen LogP contribution in [0, 0.1) is 0 Å². The molecule has 1 aromatic carbocycles. The van der Waals surface area contributed by atoms with Crippen molar-refractivity contribution in [1.82, 2.24) is 9.62 Å². The number of halogens is 1. The summed E-state index contributed by atoms with van der Waals surface area (Å²) in [5.74, 6) is -0.162. The van der Waals surface area contributed by atoms with Crippen LogP contribution in [0.5, 0.6) is 0 Å². The van der Waals surface area contributed by atoms with Crippen LogP contribution in [-0.4, -0.2) is 37.9 Å². The third kappa shape index (κ3) is 3.75. The second kappa shape index (κ2) is 5.59. The molecule has 0 aliphatic carbocycles. The third-order valence-corrected chi connectivity index (χ3v) is 5.29. The summed E-state index contributed by atoms with van der Waals surface area (Å²) in [5.41, 5.74) is -0.284. The highest BCUT2D eigenvalue weighted by Gasteiger charge is 2.27. The number of likely N-dealkylation sites (tertiary alicyclic amines) is 1. The first kappa shape index (κ1) is 16.3. The molecule has 0 aromatic heterocycles.